The average molecular weight is 405 g/mol. The molecule has 160 valence electrons. The molecule has 0 aliphatic rings. The molecule has 0 amide bonds. The Balaban J connectivity index is 3.50. The lowest BCUT2D eigenvalue weighted by atomic mass is 10.1. The number of unbranched alkanes of at least 4 members (excludes halogenated alkanes) is 11. The fourth-order valence-corrected chi connectivity index (χ4v) is 2.92. The summed E-state index contributed by atoms with van der Waals surface area (Å²) in [4.78, 5) is 9.75. The molecular formula is C21H40O5S. The Kier molecular flexibility index (Phi) is 14.6. The van der Waals surface area contributed by atoms with E-state index in [9.17, 15) is 13.2 Å². The van der Waals surface area contributed by atoms with Gasteiger partial charge in [0.05, 0.1) is 0 Å². The van der Waals surface area contributed by atoms with Crippen molar-refractivity contribution in [1.29, 1.82) is 0 Å². The first-order chi connectivity index (χ1) is 12.7. The van der Waals surface area contributed by atoms with Crippen LogP contribution in [-0.4, -0.2) is 23.9 Å². The third-order valence-corrected chi connectivity index (χ3v) is 5.95. The Labute approximate surface area is 166 Å². The lowest BCUT2D eigenvalue weighted by Crippen LogP contribution is -2.36. The van der Waals surface area contributed by atoms with Crippen molar-refractivity contribution >= 4 is 16.1 Å². The van der Waals surface area contributed by atoms with E-state index in [-0.39, 0.29) is 6.42 Å². The molecule has 0 aromatic carbocycles. The third kappa shape index (κ3) is 14.8. The monoisotopic (exact) mass is 404 g/mol. The van der Waals surface area contributed by atoms with Crippen LogP contribution in [0.1, 0.15) is 111 Å². The fraction of sp³-hybridized carbons (Fsp3) is 0.857. The van der Waals surface area contributed by atoms with Crippen molar-refractivity contribution in [3.8, 4) is 0 Å². The van der Waals surface area contributed by atoms with E-state index >= 15 is 0 Å². The van der Waals surface area contributed by atoms with Crippen LogP contribution in [-0.2, 0) is 19.6 Å². The summed E-state index contributed by atoms with van der Waals surface area (Å²) in [6.45, 7) is 4.57. The van der Waals surface area contributed by atoms with Crippen LogP contribution < -0.4 is 0 Å². The highest BCUT2D eigenvalue weighted by atomic mass is 32.2. The van der Waals surface area contributed by atoms with E-state index < -0.39 is 21.0 Å². The van der Waals surface area contributed by atoms with E-state index in [0.717, 1.165) is 32.1 Å². The molecule has 0 atom stereocenters. The number of carbonyl (C=O) groups is 1. The van der Waals surface area contributed by atoms with Gasteiger partial charge in [0, 0.05) is 6.42 Å². The molecule has 0 rings (SSSR count). The van der Waals surface area contributed by atoms with Gasteiger partial charge in [0.15, 0.2) is 0 Å². The van der Waals surface area contributed by atoms with Gasteiger partial charge in [0.1, 0.15) is 0 Å². The lowest BCUT2D eigenvalue weighted by Gasteiger charge is -2.21. The Morgan fingerprint density at radius 3 is 1.78 bits per heavy atom. The largest absolute Gasteiger partial charge is 0.441 e. The van der Waals surface area contributed by atoms with Gasteiger partial charge < -0.3 is 4.74 Å². The molecule has 27 heavy (non-hydrogen) atoms. The summed E-state index contributed by atoms with van der Waals surface area (Å²) >= 11 is 0. The Morgan fingerprint density at radius 2 is 1.30 bits per heavy atom. The van der Waals surface area contributed by atoms with E-state index in [1.165, 1.54) is 58.8 Å². The topological polar surface area (TPSA) is 80.7 Å². The van der Waals surface area contributed by atoms with Crippen LogP contribution in [0.25, 0.3) is 0 Å². The van der Waals surface area contributed by atoms with Crippen LogP contribution in [0.5, 0.6) is 0 Å². The second-order valence-electron chi connectivity index (χ2n) is 7.68. The molecular weight excluding hydrogens is 364 g/mol. The van der Waals surface area contributed by atoms with Crippen molar-refractivity contribution in [1.82, 2.24) is 0 Å². The zero-order valence-corrected chi connectivity index (χ0v) is 18.4. The number of allylic oxidation sites excluding steroid dienone is 2. The summed E-state index contributed by atoms with van der Waals surface area (Å²) < 4.78 is 36.0. The predicted molar refractivity (Wildman–Crippen MR) is 111 cm³/mol. The van der Waals surface area contributed by atoms with Crippen molar-refractivity contribution in [3.63, 3.8) is 0 Å². The van der Waals surface area contributed by atoms with E-state index in [1.54, 1.807) is 0 Å². The summed E-state index contributed by atoms with van der Waals surface area (Å²) in [6.07, 6.45) is 20.0. The molecule has 6 heteroatoms. The molecule has 0 spiro atoms. The minimum atomic E-state index is -4.41. The number of hydrogen-bond acceptors (Lipinski definition) is 4. The first-order valence-electron chi connectivity index (χ1n) is 10.5. The van der Waals surface area contributed by atoms with E-state index in [2.05, 4.69) is 19.1 Å². The van der Waals surface area contributed by atoms with Crippen molar-refractivity contribution in [2.45, 2.75) is 116 Å². The molecule has 0 aromatic rings. The molecule has 0 aliphatic heterocycles. The Hall–Kier alpha value is -0.880. The second kappa shape index (κ2) is 15.1. The maximum absolute atomic E-state index is 11.6. The van der Waals surface area contributed by atoms with Crippen molar-refractivity contribution in [2.75, 3.05) is 0 Å². The van der Waals surface area contributed by atoms with Crippen LogP contribution in [0.4, 0.5) is 0 Å². The molecule has 0 saturated carbocycles. The quantitative estimate of drug-likeness (QED) is 0.135. The number of ether oxygens (including phenoxy) is 1. The van der Waals surface area contributed by atoms with Crippen LogP contribution in [0, 0.1) is 0 Å². The van der Waals surface area contributed by atoms with Crippen LogP contribution in [0.2, 0.25) is 0 Å². The third-order valence-electron chi connectivity index (χ3n) is 4.62. The van der Waals surface area contributed by atoms with Gasteiger partial charge in [-0.2, -0.15) is 8.42 Å². The number of carbonyl (C=O) groups excluding carboxylic acids is 1. The molecule has 0 heterocycles. The summed E-state index contributed by atoms with van der Waals surface area (Å²) in [5, 5.41) is 0. The van der Waals surface area contributed by atoms with Gasteiger partial charge in [-0.15, -0.1) is 0 Å². The summed E-state index contributed by atoms with van der Waals surface area (Å²) in [6, 6.07) is 0. The molecule has 0 radical (unpaired) electrons. The van der Waals surface area contributed by atoms with E-state index in [4.69, 9.17) is 9.29 Å². The lowest BCUT2D eigenvalue weighted by molar-refractivity contribution is -0.150. The SMILES string of the molecule is CCCCCCCCC=CCCCCCCCC(=O)OC(C)(C)S(=O)(=O)O. The van der Waals surface area contributed by atoms with Crippen LogP contribution >= 0.6 is 0 Å². The highest BCUT2D eigenvalue weighted by Crippen LogP contribution is 2.18. The number of hydrogen-bond donors (Lipinski definition) is 1. The minimum absolute atomic E-state index is 0.178. The van der Waals surface area contributed by atoms with Crippen molar-refractivity contribution in [3.05, 3.63) is 12.2 Å². The van der Waals surface area contributed by atoms with Crippen LogP contribution in [0.3, 0.4) is 0 Å². The van der Waals surface area contributed by atoms with E-state index in [1.807, 2.05) is 0 Å². The molecule has 5 nitrogen and oxygen atoms in total. The fourth-order valence-electron chi connectivity index (χ4n) is 2.72. The number of esters is 1. The van der Waals surface area contributed by atoms with Crippen LogP contribution in [0.15, 0.2) is 12.2 Å². The van der Waals surface area contributed by atoms with Gasteiger partial charge in [-0.05, 0) is 46.0 Å². The van der Waals surface area contributed by atoms with Gasteiger partial charge in [-0.1, -0.05) is 70.4 Å². The summed E-state index contributed by atoms with van der Waals surface area (Å²) in [5.41, 5.74) is 0. The summed E-state index contributed by atoms with van der Waals surface area (Å²) in [7, 11) is -4.41. The zero-order chi connectivity index (χ0) is 20.6. The molecule has 0 bridgehead atoms. The van der Waals surface area contributed by atoms with Gasteiger partial charge in [-0.3, -0.25) is 9.35 Å². The standard InChI is InChI=1S/C21H40O5S/c1-4-5-6-7-8-9-10-11-12-13-14-15-16-17-18-19-20(22)26-21(2,3)27(23,24)25/h11-12H,4-10,13-19H2,1-3H3,(H,23,24,25). The average Bonchev–Trinajstić information content (AvgIpc) is 2.57. The smallest absolute Gasteiger partial charge is 0.307 e. The highest BCUT2D eigenvalue weighted by molar-refractivity contribution is 7.87. The van der Waals surface area contributed by atoms with Gasteiger partial charge in [-0.25, -0.2) is 0 Å². The minimum Gasteiger partial charge on any atom is -0.441 e. The second-order valence-corrected chi connectivity index (χ2v) is 9.62. The predicted octanol–water partition coefficient (Wildman–Crippen LogP) is 6.19. The van der Waals surface area contributed by atoms with Gasteiger partial charge >= 0.3 is 16.1 Å². The molecule has 0 aliphatic carbocycles. The van der Waals surface area contributed by atoms with Crippen molar-refractivity contribution in [2.24, 2.45) is 0 Å². The van der Waals surface area contributed by atoms with E-state index in [0.29, 0.717) is 6.42 Å². The molecule has 0 fully saturated rings. The maximum Gasteiger partial charge on any atom is 0.307 e. The maximum atomic E-state index is 11.6. The Morgan fingerprint density at radius 1 is 0.852 bits per heavy atom. The molecule has 0 aromatic heterocycles. The first kappa shape index (κ1) is 26.1. The summed E-state index contributed by atoms with van der Waals surface area (Å²) in [5.74, 6) is -0.588. The molecule has 0 unspecified atom stereocenters. The highest BCUT2D eigenvalue weighted by Gasteiger charge is 2.36. The van der Waals surface area contributed by atoms with Crippen molar-refractivity contribution < 1.29 is 22.5 Å². The molecule has 1 N–H and O–H groups in total. The Bertz CT molecular complexity index is 509. The zero-order valence-electron chi connectivity index (χ0n) is 17.5. The molecule has 0 saturated heterocycles. The first-order valence-corrected chi connectivity index (χ1v) is 12.0. The van der Waals surface area contributed by atoms with Gasteiger partial charge in [0.2, 0.25) is 4.93 Å². The normalized spacial score (nSPS) is 12.6. The van der Waals surface area contributed by atoms with Gasteiger partial charge in [0.25, 0.3) is 0 Å². The number of rotatable bonds is 17.